The molecule has 2 aromatic rings. The molecule has 166 valence electrons. The molecule has 0 aliphatic heterocycles. The average Bonchev–Trinajstić information content (AvgIpc) is 2.74. The zero-order chi connectivity index (χ0) is 22.6. The Morgan fingerprint density at radius 2 is 1.42 bits per heavy atom. The number of benzene rings is 2. The molecule has 0 aromatic heterocycles. The molecule has 0 fully saturated rings. The molecule has 0 bridgehead atoms. The van der Waals surface area contributed by atoms with Gasteiger partial charge in [0.05, 0.1) is 6.54 Å². The molecule has 31 heavy (non-hydrogen) atoms. The van der Waals surface area contributed by atoms with Gasteiger partial charge in [-0.3, -0.25) is 14.4 Å². The third-order valence-electron chi connectivity index (χ3n) is 4.81. The molecule has 0 atom stereocenters. The summed E-state index contributed by atoms with van der Waals surface area (Å²) >= 11 is 0. The number of unbranched alkanes of at least 4 members (excludes halogenated alkanes) is 2. The normalized spacial score (nSPS) is 10.3. The van der Waals surface area contributed by atoms with Crippen molar-refractivity contribution in [2.75, 3.05) is 27.8 Å². The van der Waals surface area contributed by atoms with Crippen molar-refractivity contribution in [2.45, 2.75) is 52.9 Å². The van der Waals surface area contributed by atoms with E-state index in [0.717, 1.165) is 36.2 Å². The number of nitrogens with one attached hydrogen (secondary N) is 4. The second-order valence-corrected chi connectivity index (χ2v) is 7.37. The fourth-order valence-corrected chi connectivity index (χ4v) is 3.02. The summed E-state index contributed by atoms with van der Waals surface area (Å²) in [7, 11) is 0. The van der Waals surface area contributed by atoms with Crippen molar-refractivity contribution in [3.05, 3.63) is 48.0 Å². The van der Waals surface area contributed by atoms with Crippen LogP contribution in [0.3, 0.4) is 0 Å². The van der Waals surface area contributed by atoms with E-state index in [0.29, 0.717) is 24.2 Å². The Labute approximate surface area is 184 Å². The Morgan fingerprint density at radius 3 is 2.10 bits per heavy atom. The van der Waals surface area contributed by atoms with Crippen molar-refractivity contribution < 1.29 is 14.4 Å². The quantitative estimate of drug-likeness (QED) is 0.385. The third kappa shape index (κ3) is 8.12. The van der Waals surface area contributed by atoms with Crippen LogP contribution >= 0.6 is 0 Å². The Kier molecular flexibility index (Phi) is 9.55. The van der Waals surface area contributed by atoms with Crippen molar-refractivity contribution >= 4 is 40.5 Å². The lowest BCUT2D eigenvalue weighted by molar-refractivity contribution is -0.117. The predicted molar refractivity (Wildman–Crippen MR) is 126 cm³/mol. The van der Waals surface area contributed by atoms with Crippen LogP contribution in [-0.2, 0) is 14.4 Å². The summed E-state index contributed by atoms with van der Waals surface area (Å²) in [5, 5.41) is 11.7. The summed E-state index contributed by atoms with van der Waals surface area (Å²) in [6.07, 6.45) is 3.86. The fourth-order valence-electron chi connectivity index (χ4n) is 3.02. The maximum absolute atomic E-state index is 12.4. The van der Waals surface area contributed by atoms with Gasteiger partial charge in [0.25, 0.3) is 0 Å². The van der Waals surface area contributed by atoms with Gasteiger partial charge in [0.1, 0.15) is 0 Å². The number of amides is 3. The van der Waals surface area contributed by atoms with Crippen molar-refractivity contribution in [1.82, 2.24) is 0 Å². The van der Waals surface area contributed by atoms with E-state index in [1.807, 2.05) is 25.1 Å². The summed E-state index contributed by atoms with van der Waals surface area (Å²) < 4.78 is 0. The van der Waals surface area contributed by atoms with E-state index in [9.17, 15) is 14.4 Å². The van der Waals surface area contributed by atoms with Crippen LogP contribution in [0.5, 0.6) is 0 Å². The molecule has 0 radical (unpaired) electrons. The van der Waals surface area contributed by atoms with Crippen LogP contribution in [0.2, 0.25) is 0 Å². The Balaban J connectivity index is 1.90. The maximum atomic E-state index is 12.4. The van der Waals surface area contributed by atoms with E-state index in [2.05, 4.69) is 28.2 Å². The minimum atomic E-state index is -0.214. The summed E-state index contributed by atoms with van der Waals surface area (Å²) in [5.74, 6) is -0.298. The highest BCUT2D eigenvalue weighted by atomic mass is 16.2. The van der Waals surface area contributed by atoms with Crippen LogP contribution in [0, 0.1) is 6.92 Å². The van der Waals surface area contributed by atoms with E-state index in [4.69, 9.17) is 0 Å². The molecular weight excluding hydrogens is 392 g/mol. The highest BCUT2D eigenvalue weighted by molar-refractivity contribution is 5.96. The zero-order valence-electron chi connectivity index (χ0n) is 18.5. The molecule has 0 saturated carbocycles. The first kappa shape index (κ1) is 23.9. The molecule has 4 N–H and O–H groups in total. The Morgan fingerprint density at radius 1 is 0.774 bits per heavy atom. The molecule has 0 saturated heterocycles. The summed E-state index contributed by atoms with van der Waals surface area (Å²) in [6, 6.07) is 12.6. The largest absolute Gasteiger partial charge is 0.376 e. The van der Waals surface area contributed by atoms with Gasteiger partial charge in [-0.1, -0.05) is 38.8 Å². The van der Waals surface area contributed by atoms with Crippen LogP contribution in [0.25, 0.3) is 0 Å². The van der Waals surface area contributed by atoms with Gasteiger partial charge < -0.3 is 21.3 Å². The van der Waals surface area contributed by atoms with Gasteiger partial charge in [-0.15, -0.1) is 0 Å². The fraction of sp³-hybridized carbons (Fsp3) is 0.375. The molecule has 0 aliphatic carbocycles. The molecule has 7 nitrogen and oxygen atoms in total. The van der Waals surface area contributed by atoms with Crippen LogP contribution in [0.4, 0.5) is 22.7 Å². The smallest absolute Gasteiger partial charge is 0.243 e. The number of carbonyl (C=O) groups is 3. The monoisotopic (exact) mass is 424 g/mol. The molecule has 2 rings (SSSR count). The first-order chi connectivity index (χ1) is 14.9. The molecule has 0 unspecified atom stereocenters. The number of carbonyl (C=O) groups excluding carboxylic acids is 3. The second kappa shape index (κ2) is 12.4. The average molecular weight is 425 g/mol. The van der Waals surface area contributed by atoms with Gasteiger partial charge in [-0.2, -0.15) is 0 Å². The van der Waals surface area contributed by atoms with Crippen molar-refractivity contribution in [3.8, 4) is 0 Å². The lowest BCUT2D eigenvalue weighted by atomic mass is 10.1. The molecule has 7 heteroatoms. The summed E-state index contributed by atoms with van der Waals surface area (Å²) in [5.41, 5.74) is 3.63. The summed E-state index contributed by atoms with van der Waals surface area (Å²) in [6.45, 7) is 5.85. The number of rotatable bonds is 11. The highest BCUT2D eigenvalue weighted by Gasteiger charge is 2.09. The first-order valence-electron chi connectivity index (χ1n) is 10.8. The topological polar surface area (TPSA) is 99.3 Å². The lowest BCUT2D eigenvalue weighted by Gasteiger charge is -2.14. The molecular formula is C24H32N4O3. The molecule has 3 amide bonds. The molecule has 0 aliphatic rings. The van der Waals surface area contributed by atoms with Crippen LogP contribution in [-0.4, -0.2) is 24.3 Å². The Hall–Kier alpha value is -3.35. The summed E-state index contributed by atoms with van der Waals surface area (Å²) in [4.78, 5) is 36.0. The van der Waals surface area contributed by atoms with Crippen LogP contribution in [0.15, 0.2) is 42.5 Å². The van der Waals surface area contributed by atoms with Crippen LogP contribution < -0.4 is 21.3 Å². The third-order valence-corrected chi connectivity index (χ3v) is 4.81. The SMILES string of the molecule is CCCCCC(=O)Nc1cccc(NC(=O)CNc2cccc(NC(=O)CC)c2C)c1. The minimum Gasteiger partial charge on any atom is -0.376 e. The standard InChI is InChI=1S/C24H32N4O3/c1-4-6-7-14-23(30)26-18-10-8-11-19(15-18)27-24(31)16-25-20-12-9-13-21(17(20)3)28-22(29)5-2/h8-13,15,25H,4-7,14,16H2,1-3H3,(H,26,30)(H,27,31)(H,28,29). The van der Waals surface area contributed by atoms with E-state index >= 15 is 0 Å². The van der Waals surface area contributed by atoms with Gasteiger partial charge in [0.2, 0.25) is 17.7 Å². The minimum absolute atomic E-state index is 0.0240. The van der Waals surface area contributed by atoms with E-state index < -0.39 is 0 Å². The van der Waals surface area contributed by atoms with Crippen LogP contribution in [0.1, 0.15) is 51.5 Å². The second-order valence-electron chi connectivity index (χ2n) is 7.37. The van der Waals surface area contributed by atoms with Gasteiger partial charge in [-0.05, 0) is 49.2 Å². The van der Waals surface area contributed by atoms with Crippen molar-refractivity contribution in [1.29, 1.82) is 0 Å². The molecule has 0 heterocycles. The predicted octanol–water partition coefficient (Wildman–Crippen LogP) is 4.91. The number of hydrogen-bond donors (Lipinski definition) is 4. The molecule has 0 spiro atoms. The zero-order valence-corrected chi connectivity index (χ0v) is 18.5. The van der Waals surface area contributed by atoms with Gasteiger partial charge in [0.15, 0.2) is 0 Å². The van der Waals surface area contributed by atoms with Gasteiger partial charge in [-0.25, -0.2) is 0 Å². The van der Waals surface area contributed by atoms with Crippen molar-refractivity contribution in [2.24, 2.45) is 0 Å². The van der Waals surface area contributed by atoms with E-state index in [-0.39, 0.29) is 24.3 Å². The van der Waals surface area contributed by atoms with Gasteiger partial charge in [0, 0.05) is 35.6 Å². The van der Waals surface area contributed by atoms with E-state index in [1.165, 1.54) is 0 Å². The molecule has 2 aromatic carbocycles. The number of anilines is 4. The van der Waals surface area contributed by atoms with Gasteiger partial charge >= 0.3 is 0 Å². The highest BCUT2D eigenvalue weighted by Crippen LogP contribution is 2.23. The maximum Gasteiger partial charge on any atom is 0.243 e. The lowest BCUT2D eigenvalue weighted by Crippen LogP contribution is -2.22. The Bertz CT molecular complexity index is 911. The number of hydrogen-bond acceptors (Lipinski definition) is 4. The van der Waals surface area contributed by atoms with E-state index in [1.54, 1.807) is 31.2 Å². The van der Waals surface area contributed by atoms with Crippen molar-refractivity contribution in [3.63, 3.8) is 0 Å². The first-order valence-corrected chi connectivity index (χ1v) is 10.8.